The number of hydrogen-bond donors (Lipinski definition) is 0. The molecule has 12 heteroatoms. The van der Waals surface area contributed by atoms with Gasteiger partial charge in [-0.25, -0.2) is 19.4 Å². The molecule has 3 heterocycles. The van der Waals surface area contributed by atoms with Gasteiger partial charge in [0.15, 0.2) is 0 Å². The van der Waals surface area contributed by atoms with Crippen molar-refractivity contribution in [1.29, 1.82) is 0 Å². The SMILES string of the molecule is CC(C)(C)OC(=O)N1CCC(=O)C(Br)C1.CCOC(=O)c1nc2c(s1)CN(C(=O)OC(C)(C)C)CC2. The number of thiazole rings is 1. The van der Waals surface area contributed by atoms with Crippen molar-refractivity contribution in [2.45, 2.75) is 83.9 Å². The van der Waals surface area contributed by atoms with Crippen LogP contribution < -0.4 is 0 Å². The van der Waals surface area contributed by atoms with Crippen LogP contribution in [0.1, 0.15) is 75.3 Å². The largest absolute Gasteiger partial charge is 0.461 e. The molecule has 0 radical (unpaired) electrons. The lowest BCUT2D eigenvalue weighted by atomic mass is 10.1. The van der Waals surface area contributed by atoms with E-state index in [1.165, 1.54) is 11.3 Å². The number of ketones is 1. The molecule has 2 amide bonds. The first kappa shape index (κ1) is 30.0. The van der Waals surface area contributed by atoms with Crippen LogP contribution in [0.4, 0.5) is 9.59 Å². The van der Waals surface area contributed by atoms with E-state index >= 15 is 0 Å². The summed E-state index contributed by atoms with van der Waals surface area (Å²) in [6, 6.07) is 0. The van der Waals surface area contributed by atoms with E-state index in [1.807, 2.05) is 41.5 Å². The minimum Gasteiger partial charge on any atom is -0.461 e. The Morgan fingerprint density at radius 3 is 2.08 bits per heavy atom. The van der Waals surface area contributed by atoms with Gasteiger partial charge in [-0.2, -0.15) is 0 Å². The van der Waals surface area contributed by atoms with Gasteiger partial charge in [-0.1, -0.05) is 15.9 Å². The Kier molecular flexibility index (Phi) is 10.3. The summed E-state index contributed by atoms with van der Waals surface area (Å²) in [4.78, 5) is 54.8. The number of ether oxygens (including phenoxy) is 3. The van der Waals surface area contributed by atoms with Crippen LogP contribution in [0, 0.1) is 0 Å². The van der Waals surface area contributed by atoms with Crippen LogP contribution >= 0.6 is 27.3 Å². The number of fused-ring (bicyclic) bond motifs is 1. The molecule has 1 fully saturated rings. The lowest BCUT2D eigenvalue weighted by molar-refractivity contribution is -0.120. The van der Waals surface area contributed by atoms with Crippen molar-refractivity contribution in [3.05, 3.63) is 15.6 Å². The second kappa shape index (κ2) is 12.4. The fourth-order valence-electron chi connectivity index (χ4n) is 3.24. The zero-order valence-corrected chi connectivity index (χ0v) is 24.4. The highest BCUT2D eigenvalue weighted by atomic mass is 79.9. The molecule has 0 aliphatic carbocycles. The van der Waals surface area contributed by atoms with Crippen molar-refractivity contribution in [2.75, 3.05) is 26.2 Å². The summed E-state index contributed by atoms with van der Waals surface area (Å²) < 4.78 is 15.5. The van der Waals surface area contributed by atoms with Gasteiger partial charge in [0.1, 0.15) is 17.0 Å². The van der Waals surface area contributed by atoms with E-state index in [4.69, 9.17) is 14.2 Å². The van der Waals surface area contributed by atoms with E-state index < -0.39 is 17.2 Å². The molecule has 0 N–H and O–H groups in total. The number of likely N-dealkylation sites (tertiary alicyclic amines) is 1. The molecule has 1 atom stereocenters. The molecular weight excluding hydrogens is 554 g/mol. The molecule has 1 saturated heterocycles. The molecule has 0 spiro atoms. The predicted molar refractivity (Wildman–Crippen MR) is 139 cm³/mol. The molecule has 36 heavy (non-hydrogen) atoms. The van der Waals surface area contributed by atoms with Gasteiger partial charge in [-0.05, 0) is 48.5 Å². The minimum absolute atomic E-state index is 0.148. The second-order valence-corrected chi connectivity index (χ2v) is 12.6. The maximum absolute atomic E-state index is 12.1. The predicted octanol–water partition coefficient (Wildman–Crippen LogP) is 4.57. The zero-order valence-electron chi connectivity index (χ0n) is 22.0. The number of nitrogens with zero attached hydrogens (tertiary/aromatic N) is 3. The fraction of sp³-hybridized carbons (Fsp3) is 0.708. The zero-order chi connectivity index (χ0) is 27.3. The lowest BCUT2D eigenvalue weighted by Gasteiger charge is -2.31. The number of halogens is 1. The number of aromatic nitrogens is 1. The van der Waals surface area contributed by atoms with Crippen LogP contribution in [0.3, 0.4) is 0 Å². The maximum atomic E-state index is 12.1. The Balaban J connectivity index is 0.000000269. The molecule has 1 aromatic heterocycles. The quantitative estimate of drug-likeness (QED) is 0.280. The summed E-state index contributed by atoms with van der Waals surface area (Å²) in [5.74, 6) is -0.254. The number of carbonyl (C=O) groups excluding carboxylic acids is 4. The topological polar surface area (TPSA) is 115 Å². The fourth-order valence-corrected chi connectivity index (χ4v) is 4.83. The number of Topliss-reactive ketones (excluding diaryl/α,β-unsaturated/α-hetero) is 1. The summed E-state index contributed by atoms with van der Waals surface area (Å²) in [5.41, 5.74) is -0.121. The minimum atomic E-state index is -0.513. The van der Waals surface area contributed by atoms with Crippen molar-refractivity contribution in [3.63, 3.8) is 0 Å². The second-order valence-electron chi connectivity index (χ2n) is 10.4. The first-order valence-electron chi connectivity index (χ1n) is 11.9. The number of hydrogen-bond acceptors (Lipinski definition) is 9. The van der Waals surface area contributed by atoms with Crippen molar-refractivity contribution in [3.8, 4) is 0 Å². The summed E-state index contributed by atoms with van der Waals surface area (Å²) in [7, 11) is 0. The third-order valence-electron chi connectivity index (χ3n) is 4.84. The summed E-state index contributed by atoms with van der Waals surface area (Å²) in [5, 5.41) is 0.355. The molecule has 3 rings (SSSR count). The van der Waals surface area contributed by atoms with Crippen molar-refractivity contribution in [2.24, 2.45) is 0 Å². The molecular formula is C24H36BrN3O7S. The van der Waals surface area contributed by atoms with E-state index in [0.717, 1.165) is 10.6 Å². The Bertz CT molecular complexity index is 968. The van der Waals surface area contributed by atoms with E-state index in [0.29, 0.717) is 50.6 Å². The average molecular weight is 591 g/mol. The number of alkyl halides is 1. The van der Waals surface area contributed by atoms with Gasteiger partial charge in [0.2, 0.25) is 5.01 Å². The highest BCUT2D eigenvalue weighted by Crippen LogP contribution is 2.26. The van der Waals surface area contributed by atoms with Gasteiger partial charge in [0.25, 0.3) is 0 Å². The van der Waals surface area contributed by atoms with Gasteiger partial charge < -0.3 is 24.0 Å². The summed E-state index contributed by atoms with van der Waals surface area (Å²) in [6.45, 7) is 14.9. The standard InChI is InChI=1S/C14H20N2O4S.C10H16BrNO3/c1-5-19-12(17)11-15-9-6-7-16(8-10(9)21-11)13(18)20-14(2,3)4;1-10(2,3)15-9(14)12-5-4-8(13)7(11)6-12/h5-8H2,1-4H3;7H,4-6H2,1-3H3. The van der Waals surface area contributed by atoms with Gasteiger partial charge in [-0.15, -0.1) is 11.3 Å². The van der Waals surface area contributed by atoms with Crippen molar-refractivity contribution < 1.29 is 33.4 Å². The van der Waals surface area contributed by atoms with Gasteiger partial charge in [0.05, 0.1) is 23.7 Å². The monoisotopic (exact) mass is 589 g/mol. The molecule has 0 aromatic carbocycles. The number of piperidine rings is 1. The van der Waals surface area contributed by atoms with Crippen molar-refractivity contribution in [1.82, 2.24) is 14.8 Å². The number of esters is 1. The number of rotatable bonds is 2. The molecule has 0 bridgehead atoms. The summed E-state index contributed by atoms with van der Waals surface area (Å²) in [6.07, 6.45) is 0.346. The van der Waals surface area contributed by atoms with Gasteiger partial charge in [0, 0.05) is 37.4 Å². The highest BCUT2D eigenvalue weighted by Gasteiger charge is 2.31. The molecule has 2 aliphatic rings. The third-order valence-corrected chi connectivity index (χ3v) is 6.71. The Hall–Kier alpha value is -2.21. The van der Waals surface area contributed by atoms with Crippen LogP contribution in [-0.2, 0) is 32.0 Å². The molecule has 10 nitrogen and oxygen atoms in total. The Labute approximate surface area is 224 Å². The van der Waals surface area contributed by atoms with Gasteiger partial charge in [-0.3, -0.25) is 4.79 Å². The number of carbonyl (C=O) groups is 4. The first-order chi connectivity index (χ1) is 16.6. The maximum Gasteiger partial charge on any atom is 0.410 e. The van der Waals surface area contributed by atoms with E-state index in [1.54, 1.807) is 16.7 Å². The van der Waals surface area contributed by atoms with E-state index in [2.05, 4.69) is 20.9 Å². The highest BCUT2D eigenvalue weighted by molar-refractivity contribution is 9.10. The first-order valence-corrected chi connectivity index (χ1v) is 13.6. The smallest absolute Gasteiger partial charge is 0.410 e. The number of amides is 2. The van der Waals surface area contributed by atoms with E-state index in [9.17, 15) is 19.2 Å². The van der Waals surface area contributed by atoms with Gasteiger partial charge >= 0.3 is 18.2 Å². The normalized spacial score (nSPS) is 18.0. The molecule has 202 valence electrons. The van der Waals surface area contributed by atoms with Crippen molar-refractivity contribution >= 4 is 51.2 Å². The third kappa shape index (κ3) is 9.34. The van der Waals surface area contributed by atoms with Crippen LogP contribution in [-0.4, -0.2) is 81.0 Å². The molecule has 1 unspecified atom stereocenters. The average Bonchev–Trinajstić information content (AvgIpc) is 3.17. The lowest BCUT2D eigenvalue weighted by Crippen LogP contribution is -2.46. The van der Waals surface area contributed by atoms with Crippen LogP contribution in [0.2, 0.25) is 0 Å². The Morgan fingerprint density at radius 2 is 1.56 bits per heavy atom. The molecule has 2 aliphatic heterocycles. The molecule has 0 saturated carbocycles. The van der Waals surface area contributed by atoms with Crippen LogP contribution in [0.15, 0.2) is 0 Å². The van der Waals surface area contributed by atoms with E-state index in [-0.39, 0.29) is 22.8 Å². The Morgan fingerprint density at radius 1 is 1.00 bits per heavy atom. The molecule has 1 aromatic rings. The van der Waals surface area contributed by atoms with Crippen LogP contribution in [0.5, 0.6) is 0 Å². The van der Waals surface area contributed by atoms with Crippen LogP contribution in [0.25, 0.3) is 0 Å². The summed E-state index contributed by atoms with van der Waals surface area (Å²) >= 11 is 4.53.